The average Bonchev–Trinajstić information content (AvgIpc) is 2.37. The third-order valence-corrected chi connectivity index (χ3v) is 3.11. The maximum atomic E-state index is 11.1. The normalized spacial score (nSPS) is 10.9. The smallest absolute Gasteiger partial charge is 0.322 e. The Hall–Kier alpha value is -2.82. The van der Waals surface area contributed by atoms with Gasteiger partial charge >= 0.3 is 5.69 Å². The fourth-order valence-electron chi connectivity index (χ4n) is 2.23. The zero-order valence-electron chi connectivity index (χ0n) is 9.70. The van der Waals surface area contributed by atoms with Gasteiger partial charge in [-0.3, -0.25) is 10.1 Å². The van der Waals surface area contributed by atoms with Gasteiger partial charge in [-0.05, 0) is 34.4 Å². The van der Waals surface area contributed by atoms with Gasteiger partial charge < -0.3 is 10.2 Å². The molecular formula is C14H9NO4. The molecule has 5 heteroatoms. The second-order valence-corrected chi connectivity index (χ2v) is 4.27. The Morgan fingerprint density at radius 2 is 1.58 bits per heavy atom. The predicted molar refractivity (Wildman–Crippen MR) is 71.4 cm³/mol. The second kappa shape index (κ2) is 3.84. The molecule has 0 atom stereocenters. The summed E-state index contributed by atoms with van der Waals surface area (Å²) in [6, 6.07) is 12.1. The number of fused-ring (bicyclic) bond motifs is 2. The Morgan fingerprint density at radius 3 is 2.21 bits per heavy atom. The van der Waals surface area contributed by atoms with Crippen molar-refractivity contribution >= 4 is 27.2 Å². The first-order chi connectivity index (χ1) is 9.08. The van der Waals surface area contributed by atoms with Crippen LogP contribution in [0.25, 0.3) is 21.5 Å². The van der Waals surface area contributed by atoms with Gasteiger partial charge in [0.1, 0.15) is 0 Å². The summed E-state index contributed by atoms with van der Waals surface area (Å²) >= 11 is 0. The zero-order chi connectivity index (χ0) is 13.6. The molecule has 0 aliphatic carbocycles. The van der Waals surface area contributed by atoms with E-state index in [1.165, 1.54) is 6.07 Å². The number of hydrogen-bond acceptors (Lipinski definition) is 4. The lowest BCUT2D eigenvalue weighted by molar-refractivity contribution is -0.384. The van der Waals surface area contributed by atoms with Crippen molar-refractivity contribution in [2.45, 2.75) is 0 Å². The van der Waals surface area contributed by atoms with E-state index in [1.54, 1.807) is 12.1 Å². The van der Waals surface area contributed by atoms with Crippen LogP contribution in [0.2, 0.25) is 0 Å². The van der Waals surface area contributed by atoms with E-state index in [0.717, 1.165) is 10.8 Å². The maximum Gasteiger partial charge on any atom is 0.322 e. The summed E-state index contributed by atoms with van der Waals surface area (Å²) in [6.07, 6.45) is 0. The third-order valence-electron chi connectivity index (χ3n) is 3.11. The highest BCUT2D eigenvalue weighted by molar-refractivity contribution is 6.04. The number of nitro benzene ring substituents is 1. The quantitative estimate of drug-likeness (QED) is 0.302. The van der Waals surface area contributed by atoms with Crippen molar-refractivity contribution < 1.29 is 15.1 Å². The molecule has 2 N–H and O–H groups in total. The fourth-order valence-corrected chi connectivity index (χ4v) is 2.23. The van der Waals surface area contributed by atoms with Crippen molar-refractivity contribution in [1.82, 2.24) is 0 Å². The Morgan fingerprint density at radius 1 is 0.947 bits per heavy atom. The molecule has 0 aliphatic heterocycles. The fraction of sp³-hybridized carbons (Fsp3) is 0. The molecule has 0 amide bonds. The number of rotatable bonds is 1. The van der Waals surface area contributed by atoms with Gasteiger partial charge in [-0.1, -0.05) is 24.3 Å². The predicted octanol–water partition coefficient (Wildman–Crippen LogP) is 3.31. The van der Waals surface area contributed by atoms with Gasteiger partial charge in [-0.2, -0.15) is 0 Å². The molecule has 3 rings (SSSR count). The Balaban J connectivity index is 2.53. The molecule has 3 aromatic rings. The first-order valence-corrected chi connectivity index (χ1v) is 5.60. The van der Waals surface area contributed by atoms with E-state index in [2.05, 4.69) is 0 Å². The number of phenols is 2. The standard InChI is InChI=1S/C14H9NO4/c16-12-7-10-5-8-3-1-2-4-9(8)6-11(10)13(14(12)17)15(18)19/h1-7,16-17H. The van der Waals surface area contributed by atoms with Crippen LogP contribution in [0.3, 0.4) is 0 Å². The van der Waals surface area contributed by atoms with E-state index >= 15 is 0 Å². The molecule has 5 nitrogen and oxygen atoms in total. The van der Waals surface area contributed by atoms with Crippen LogP contribution < -0.4 is 0 Å². The van der Waals surface area contributed by atoms with Gasteiger partial charge in [0, 0.05) is 0 Å². The summed E-state index contributed by atoms with van der Waals surface area (Å²) in [5, 5.41) is 32.8. The molecule has 0 fully saturated rings. The SMILES string of the molecule is O=[N+]([O-])c1c(O)c(O)cc2cc3ccccc3cc12. The van der Waals surface area contributed by atoms with E-state index in [0.29, 0.717) is 10.8 Å². The Bertz CT molecular complexity index is 826. The van der Waals surface area contributed by atoms with Gasteiger partial charge in [-0.25, -0.2) is 0 Å². The minimum absolute atomic E-state index is 0.305. The summed E-state index contributed by atoms with van der Waals surface area (Å²) < 4.78 is 0. The van der Waals surface area contributed by atoms with E-state index in [4.69, 9.17) is 0 Å². The maximum absolute atomic E-state index is 11.1. The molecule has 0 saturated heterocycles. The molecule has 0 unspecified atom stereocenters. The average molecular weight is 255 g/mol. The summed E-state index contributed by atoms with van der Waals surface area (Å²) in [6.45, 7) is 0. The van der Waals surface area contributed by atoms with E-state index in [9.17, 15) is 20.3 Å². The Labute approximate surface area is 107 Å². The van der Waals surface area contributed by atoms with Crippen LogP contribution in [0.4, 0.5) is 5.69 Å². The molecule has 0 radical (unpaired) electrons. The number of nitrogens with zero attached hydrogens (tertiary/aromatic N) is 1. The number of aromatic hydroxyl groups is 2. The van der Waals surface area contributed by atoms with Crippen molar-refractivity contribution in [3.05, 3.63) is 52.6 Å². The lowest BCUT2D eigenvalue weighted by atomic mass is 10.0. The molecule has 0 bridgehead atoms. The first kappa shape index (κ1) is 11.3. The van der Waals surface area contributed by atoms with Crippen LogP contribution >= 0.6 is 0 Å². The third kappa shape index (κ3) is 1.63. The van der Waals surface area contributed by atoms with Gasteiger partial charge in [-0.15, -0.1) is 0 Å². The molecule has 94 valence electrons. The van der Waals surface area contributed by atoms with Crippen LogP contribution in [0.5, 0.6) is 11.5 Å². The monoisotopic (exact) mass is 255 g/mol. The van der Waals surface area contributed by atoms with Crippen molar-refractivity contribution in [2.75, 3.05) is 0 Å². The summed E-state index contributed by atoms with van der Waals surface area (Å²) in [5.41, 5.74) is -0.472. The van der Waals surface area contributed by atoms with Gasteiger partial charge in [0.2, 0.25) is 5.75 Å². The summed E-state index contributed by atoms with van der Waals surface area (Å²) in [7, 11) is 0. The van der Waals surface area contributed by atoms with Crippen LogP contribution in [0.1, 0.15) is 0 Å². The molecular weight excluding hydrogens is 246 g/mol. The molecule has 0 aliphatic rings. The first-order valence-electron chi connectivity index (χ1n) is 5.60. The van der Waals surface area contributed by atoms with Crippen LogP contribution in [0.15, 0.2) is 42.5 Å². The van der Waals surface area contributed by atoms with E-state index < -0.39 is 22.1 Å². The van der Waals surface area contributed by atoms with E-state index in [1.807, 2.05) is 24.3 Å². The highest BCUT2D eigenvalue weighted by Gasteiger charge is 2.22. The van der Waals surface area contributed by atoms with Crippen LogP contribution in [0, 0.1) is 10.1 Å². The zero-order valence-corrected chi connectivity index (χ0v) is 9.70. The van der Waals surface area contributed by atoms with E-state index in [-0.39, 0.29) is 0 Å². The molecule has 0 saturated carbocycles. The lowest BCUT2D eigenvalue weighted by Crippen LogP contribution is -1.91. The van der Waals surface area contributed by atoms with Crippen molar-refractivity contribution in [3.63, 3.8) is 0 Å². The topological polar surface area (TPSA) is 83.6 Å². The minimum atomic E-state index is -0.701. The second-order valence-electron chi connectivity index (χ2n) is 4.27. The molecule has 0 spiro atoms. The van der Waals surface area contributed by atoms with Gasteiger partial charge in [0.05, 0.1) is 10.3 Å². The summed E-state index contributed by atoms with van der Waals surface area (Å²) in [5.74, 6) is -1.19. The van der Waals surface area contributed by atoms with Gasteiger partial charge in [0.15, 0.2) is 5.75 Å². The number of hydrogen-bond donors (Lipinski definition) is 2. The number of benzene rings is 3. The minimum Gasteiger partial charge on any atom is -0.504 e. The molecule has 0 aromatic heterocycles. The van der Waals surface area contributed by atoms with Gasteiger partial charge in [0.25, 0.3) is 0 Å². The lowest BCUT2D eigenvalue weighted by Gasteiger charge is -2.06. The highest BCUT2D eigenvalue weighted by atomic mass is 16.6. The van der Waals surface area contributed by atoms with Crippen molar-refractivity contribution in [3.8, 4) is 11.5 Å². The molecule has 3 aromatic carbocycles. The molecule has 19 heavy (non-hydrogen) atoms. The van der Waals surface area contributed by atoms with Crippen LogP contribution in [-0.2, 0) is 0 Å². The van der Waals surface area contributed by atoms with Crippen molar-refractivity contribution in [2.24, 2.45) is 0 Å². The van der Waals surface area contributed by atoms with Crippen molar-refractivity contribution in [1.29, 1.82) is 0 Å². The number of phenolic OH excluding ortho intramolecular Hbond substituents is 2. The Kier molecular flexibility index (Phi) is 2.28. The highest BCUT2D eigenvalue weighted by Crippen LogP contribution is 2.42. The number of nitro groups is 1. The largest absolute Gasteiger partial charge is 0.504 e. The summed E-state index contributed by atoms with van der Waals surface area (Å²) in [4.78, 5) is 10.4. The molecule has 0 heterocycles. The van der Waals surface area contributed by atoms with Crippen LogP contribution in [-0.4, -0.2) is 15.1 Å².